The standard InChI is InChI=1S/C21H22BrF3N4O/c1-10(13-7-6-8-15(17(13)23)21(24,25)20(4,5)30)26-18-14-9-16(22)11(2)27-19(14)29-12(3)28-18/h6-10,30H,1-5H3,(H,26,27,28,29)/t10-/m1/s1. The van der Waals surface area contributed by atoms with Gasteiger partial charge >= 0.3 is 5.92 Å². The van der Waals surface area contributed by atoms with Gasteiger partial charge in [0.1, 0.15) is 23.1 Å². The fourth-order valence-corrected chi connectivity index (χ4v) is 3.39. The van der Waals surface area contributed by atoms with Crippen LogP contribution in [0.1, 0.15) is 49.5 Å². The number of hydrogen-bond acceptors (Lipinski definition) is 5. The van der Waals surface area contributed by atoms with Crippen LogP contribution in [0.2, 0.25) is 0 Å². The van der Waals surface area contributed by atoms with Crippen molar-refractivity contribution >= 4 is 32.8 Å². The summed E-state index contributed by atoms with van der Waals surface area (Å²) >= 11 is 3.43. The Balaban J connectivity index is 2.05. The molecule has 0 saturated carbocycles. The molecule has 0 aliphatic carbocycles. The molecule has 1 atom stereocenters. The molecule has 2 N–H and O–H groups in total. The van der Waals surface area contributed by atoms with Crippen molar-refractivity contribution in [1.82, 2.24) is 15.0 Å². The molecule has 0 aliphatic rings. The van der Waals surface area contributed by atoms with Crippen molar-refractivity contribution in [3.63, 3.8) is 0 Å². The Kier molecular flexibility index (Phi) is 5.81. The maximum Gasteiger partial charge on any atom is 0.303 e. The smallest absolute Gasteiger partial charge is 0.303 e. The van der Waals surface area contributed by atoms with Gasteiger partial charge in [-0.25, -0.2) is 19.3 Å². The largest absolute Gasteiger partial charge is 0.384 e. The van der Waals surface area contributed by atoms with Gasteiger partial charge in [-0.2, -0.15) is 8.78 Å². The van der Waals surface area contributed by atoms with Crippen LogP contribution in [0, 0.1) is 19.7 Å². The third-order valence-corrected chi connectivity index (χ3v) is 5.69. The first-order chi connectivity index (χ1) is 13.8. The number of nitrogens with zero attached hydrogens (tertiary/aromatic N) is 3. The van der Waals surface area contributed by atoms with Gasteiger partial charge in [0, 0.05) is 10.0 Å². The normalized spacial score (nSPS) is 13.5. The van der Waals surface area contributed by atoms with E-state index in [1.165, 1.54) is 12.1 Å². The maximum atomic E-state index is 15.1. The number of anilines is 1. The van der Waals surface area contributed by atoms with E-state index in [9.17, 15) is 13.9 Å². The summed E-state index contributed by atoms with van der Waals surface area (Å²) in [6.07, 6.45) is 0. The van der Waals surface area contributed by atoms with Gasteiger partial charge < -0.3 is 10.4 Å². The molecule has 30 heavy (non-hydrogen) atoms. The number of hydrogen-bond donors (Lipinski definition) is 2. The van der Waals surface area contributed by atoms with Gasteiger partial charge in [-0.05, 0) is 62.7 Å². The number of nitrogens with one attached hydrogen (secondary N) is 1. The number of aromatic nitrogens is 3. The van der Waals surface area contributed by atoms with Gasteiger partial charge in [-0.3, -0.25) is 0 Å². The molecule has 9 heteroatoms. The van der Waals surface area contributed by atoms with Crippen LogP contribution in [0.3, 0.4) is 0 Å². The molecule has 3 rings (SSSR count). The number of alkyl halides is 2. The van der Waals surface area contributed by atoms with E-state index >= 15 is 4.39 Å². The van der Waals surface area contributed by atoms with E-state index in [0.717, 1.165) is 30.1 Å². The van der Waals surface area contributed by atoms with Crippen LogP contribution in [-0.2, 0) is 5.92 Å². The highest BCUT2D eigenvalue weighted by molar-refractivity contribution is 9.10. The van der Waals surface area contributed by atoms with E-state index in [1.807, 2.05) is 6.92 Å². The summed E-state index contributed by atoms with van der Waals surface area (Å²) in [5.41, 5.74) is -2.02. The van der Waals surface area contributed by atoms with Crippen molar-refractivity contribution in [1.29, 1.82) is 0 Å². The highest BCUT2D eigenvalue weighted by Crippen LogP contribution is 2.41. The van der Waals surface area contributed by atoms with Crippen molar-refractivity contribution in [2.45, 2.75) is 52.2 Å². The number of rotatable bonds is 5. The average molecular weight is 483 g/mol. The van der Waals surface area contributed by atoms with E-state index < -0.39 is 28.9 Å². The lowest BCUT2D eigenvalue weighted by atomic mass is 9.91. The van der Waals surface area contributed by atoms with Crippen molar-refractivity contribution in [2.75, 3.05) is 5.32 Å². The third kappa shape index (κ3) is 4.00. The Hall–Kier alpha value is -2.26. The average Bonchev–Trinajstić information content (AvgIpc) is 2.62. The summed E-state index contributed by atoms with van der Waals surface area (Å²) in [6, 6.07) is 4.86. The highest BCUT2D eigenvalue weighted by atomic mass is 79.9. The minimum absolute atomic E-state index is 0.0278. The molecule has 3 aromatic rings. The minimum atomic E-state index is -3.77. The van der Waals surface area contributed by atoms with Crippen molar-refractivity contribution in [3.05, 3.63) is 57.2 Å². The zero-order valence-corrected chi connectivity index (χ0v) is 18.8. The van der Waals surface area contributed by atoms with Gasteiger partial charge in [0.15, 0.2) is 5.65 Å². The van der Waals surface area contributed by atoms with Crippen molar-refractivity contribution in [3.8, 4) is 0 Å². The summed E-state index contributed by atoms with van der Waals surface area (Å²) in [7, 11) is 0. The number of fused-ring (bicyclic) bond motifs is 1. The molecular formula is C21H22BrF3N4O. The highest BCUT2D eigenvalue weighted by Gasteiger charge is 2.49. The molecule has 0 radical (unpaired) electrons. The molecule has 0 aliphatic heterocycles. The summed E-state index contributed by atoms with van der Waals surface area (Å²) in [5, 5.41) is 13.5. The number of pyridine rings is 1. The topological polar surface area (TPSA) is 70.9 Å². The molecule has 0 amide bonds. The Bertz CT molecular complexity index is 1120. The second-order valence-corrected chi connectivity index (χ2v) is 8.61. The van der Waals surface area contributed by atoms with Crippen LogP contribution in [0.25, 0.3) is 11.0 Å². The Labute approximate surface area is 180 Å². The first-order valence-corrected chi connectivity index (χ1v) is 10.1. The molecule has 160 valence electrons. The first-order valence-electron chi connectivity index (χ1n) is 9.30. The quantitative estimate of drug-likeness (QED) is 0.496. The lowest BCUT2D eigenvalue weighted by molar-refractivity contribution is -0.170. The molecule has 0 bridgehead atoms. The minimum Gasteiger partial charge on any atom is -0.384 e. The molecule has 0 unspecified atom stereocenters. The van der Waals surface area contributed by atoms with E-state index in [-0.39, 0.29) is 5.56 Å². The zero-order chi connectivity index (χ0) is 22.4. The SMILES string of the molecule is Cc1nc(N[C@H](C)c2cccc(C(F)(F)C(C)(C)O)c2F)c2cc(Br)c(C)nc2n1. The predicted molar refractivity (Wildman–Crippen MR) is 113 cm³/mol. The Morgan fingerprint density at radius 2 is 1.80 bits per heavy atom. The monoisotopic (exact) mass is 482 g/mol. The molecule has 2 heterocycles. The van der Waals surface area contributed by atoms with E-state index in [2.05, 4.69) is 36.2 Å². The number of aliphatic hydroxyl groups is 1. The van der Waals surface area contributed by atoms with E-state index in [1.54, 1.807) is 19.9 Å². The Morgan fingerprint density at radius 1 is 1.13 bits per heavy atom. The van der Waals surface area contributed by atoms with E-state index in [4.69, 9.17) is 0 Å². The zero-order valence-electron chi connectivity index (χ0n) is 17.2. The fourth-order valence-electron chi connectivity index (χ4n) is 3.08. The van der Waals surface area contributed by atoms with E-state index in [0.29, 0.717) is 22.7 Å². The summed E-state index contributed by atoms with van der Waals surface area (Å²) in [5.74, 6) is -3.96. The summed E-state index contributed by atoms with van der Waals surface area (Å²) in [4.78, 5) is 13.1. The second-order valence-electron chi connectivity index (χ2n) is 7.75. The van der Waals surface area contributed by atoms with Gasteiger partial charge in [-0.15, -0.1) is 0 Å². The predicted octanol–water partition coefficient (Wildman–Crippen LogP) is 5.58. The first kappa shape index (κ1) is 22.4. The molecule has 0 fully saturated rings. The molecule has 1 aromatic carbocycles. The molecule has 2 aromatic heterocycles. The van der Waals surface area contributed by atoms with Crippen LogP contribution < -0.4 is 5.32 Å². The second kappa shape index (κ2) is 7.77. The summed E-state index contributed by atoms with van der Waals surface area (Å²) < 4.78 is 45.0. The number of halogens is 4. The lowest BCUT2D eigenvalue weighted by Gasteiger charge is -2.30. The van der Waals surface area contributed by atoms with Gasteiger partial charge in [0.25, 0.3) is 0 Å². The van der Waals surface area contributed by atoms with Gasteiger partial charge in [-0.1, -0.05) is 12.1 Å². The lowest BCUT2D eigenvalue weighted by Crippen LogP contribution is -2.41. The van der Waals surface area contributed by atoms with Crippen LogP contribution in [0.5, 0.6) is 0 Å². The van der Waals surface area contributed by atoms with Crippen molar-refractivity contribution < 1.29 is 18.3 Å². The molecular weight excluding hydrogens is 461 g/mol. The Morgan fingerprint density at radius 3 is 2.43 bits per heavy atom. The van der Waals surface area contributed by atoms with Crippen LogP contribution in [-0.4, -0.2) is 25.7 Å². The molecule has 0 spiro atoms. The van der Waals surface area contributed by atoms with Crippen LogP contribution >= 0.6 is 15.9 Å². The molecule has 0 saturated heterocycles. The molecule has 5 nitrogen and oxygen atoms in total. The fraction of sp³-hybridized carbons (Fsp3) is 0.381. The van der Waals surface area contributed by atoms with Crippen molar-refractivity contribution in [2.24, 2.45) is 0 Å². The summed E-state index contributed by atoms with van der Waals surface area (Å²) in [6.45, 7) is 7.08. The van der Waals surface area contributed by atoms with Crippen LogP contribution in [0.15, 0.2) is 28.7 Å². The van der Waals surface area contributed by atoms with Gasteiger partial charge in [0.05, 0.1) is 22.7 Å². The van der Waals surface area contributed by atoms with Crippen LogP contribution in [0.4, 0.5) is 19.0 Å². The number of aryl methyl sites for hydroxylation is 2. The number of benzene rings is 1. The third-order valence-electron chi connectivity index (χ3n) is 4.88. The van der Waals surface area contributed by atoms with Gasteiger partial charge in [0.2, 0.25) is 0 Å². The maximum absolute atomic E-state index is 15.1.